The van der Waals surface area contributed by atoms with E-state index in [1.54, 1.807) is 6.92 Å². The van der Waals surface area contributed by atoms with Gasteiger partial charge in [0, 0.05) is 12.2 Å². The zero-order chi connectivity index (χ0) is 25.2. The van der Waals surface area contributed by atoms with Crippen molar-refractivity contribution >= 4 is 23.7 Å². The zero-order valence-electron chi connectivity index (χ0n) is 20.6. The Bertz CT molecular complexity index is 994. The molecule has 0 spiro atoms. The van der Waals surface area contributed by atoms with Gasteiger partial charge in [0.2, 0.25) is 0 Å². The van der Waals surface area contributed by atoms with Gasteiger partial charge < -0.3 is 14.8 Å². The van der Waals surface area contributed by atoms with Crippen LogP contribution in [0, 0.1) is 6.92 Å². The Labute approximate surface area is 206 Å². The smallest absolute Gasteiger partial charge is 0.331 e. The van der Waals surface area contributed by atoms with Gasteiger partial charge in [0.25, 0.3) is 0 Å². The molecular weight excluding hydrogens is 448 g/mol. The summed E-state index contributed by atoms with van der Waals surface area (Å²) in [7, 11) is 0. The van der Waals surface area contributed by atoms with E-state index in [1.807, 2.05) is 55.5 Å². The monoisotopic (exact) mass is 482 g/mol. The molecule has 3 rings (SSSR count). The first-order valence-electron chi connectivity index (χ1n) is 12.0. The molecule has 1 heterocycles. The highest BCUT2D eigenvalue weighted by atomic mass is 16.5. The van der Waals surface area contributed by atoms with Crippen LogP contribution in [0.5, 0.6) is 5.75 Å². The number of benzene rings is 2. The van der Waals surface area contributed by atoms with Crippen LogP contribution in [0.15, 0.2) is 48.5 Å². The number of esters is 1. The van der Waals surface area contributed by atoms with Crippen molar-refractivity contribution in [3.63, 3.8) is 0 Å². The number of urea groups is 2. The van der Waals surface area contributed by atoms with Crippen molar-refractivity contribution in [2.24, 2.45) is 0 Å². The number of carbonyl (C=O) groups excluding carboxylic acids is 3. The summed E-state index contributed by atoms with van der Waals surface area (Å²) >= 11 is 0. The number of aryl methyl sites for hydroxylation is 1. The maximum atomic E-state index is 13.4. The molecule has 1 saturated heterocycles. The second kappa shape index (κ2) is 12.6. The van der Waals surface area contributed by atoms with Gasteiger partial charge in [0.1, 0.15) is 5.75 Å². The fourth-order valence-electron chi connectivity index (χ4n) is 3.56. The van der Waals surface area contributed by atoms with Gasteiger partial charge in [-0.3, -0.25) is 15.0 Å². The molecule has 9 nitrogen and oxygen atoms in total. The number of nitrogens with one attached hydrogen (secondary N) is 2. The second-order valence-corrected chi connectivity index (χ2v) is 8.33. The molecule has 1 aliphatic heterocycles. The van der Waals surface area contributed by atoms with E-state index in [1.165, 1.54) is 4.90 Å². The summed E-state index contributed by atoms with van der Waals surface area (Å²) in [6.07, 6.45) is 1.20. The highest BCUT2D eigenvalue weighted by Gasteiger charge is 2.38. The third-order valence-corrected chi connectivity index (χ3v) is 5.54. The minimum Gasteiger partial charge on any atom is -0.494 e. The van der Waals surface area contributed by atoms with E-state index < -0.39 is 24.3 Å². The Morgan fingerprint density at radius 1 is 1.06 bits per heavy atom. The van der Waals surface area contributed by atoms with Gasteiger partial charge >= 0.3 is 18.0 Å². The molecule has 1 unspecified atom stereocenters. The normalized spacial score (nSPS) is 15.6. The molecule has 188 valence electrons. The number of amides is 4. The van der Waals surface area contributed by atoms with Crippen molar-refractivity contribution in [3.8, 4) is 5.75 Å². The number of rotatable bonds is 12. The number of carbonyl (C=O) groups is 3. The van der Waals surface area contributed by atoms with Crippen molar-refractivity contribution in [1.29, 1.82) is 0 Å². The van der Waals surface area contributed by atoms with Crippen LogP contribution in [0.2, 0.25) is 0 Å². The van der Waals surface area contributed by atoms with Crippen molar-refractivity contribution in [2.75, 3.05) is 25.1 Å². The Morgan fingerprint density at radius 3 is 2.43 bits per heavy atom. The lowest BCUT2D eigenvalue weighted by Gasteiger charge is -2.41. The number of unbranched alkanes of at least 4 members (excludes halogenated alkanes) is 1. The predicted octanol–water partition coefficient (Wildman–Crippen LogP) is 4.47. The fourth-order valence-corrected chi connectivity index (χ4v) is 3.56. The van der Waals surface area contributed by atoms with E-state index in [0.717, 1.165) is 40.3 Å². The SMILES string of the molecule is CCCCOc1ccc(NC2NC(=O)N(CCC(=O)OCC)C(=O)N2Cc2ccc(C)cc2)cc1. The van der Waals surface area contributed by atoms with Crippen molar-refractivity contribution in [1.82, 2.24) is 15.1 Å². The quantitative estimate of drug-likeness (QED) is 0.342. The summed E-state index contributed by atoms with van der Waals surface area (Å²) in [5.74, 6) is 0.300. The fraction of sp³-hybridized carbons (Fsp3) is 0.423. The van der Waals surface area contributed by atoms with Gasteiger partial charge in [-0.15, -0.1) is 0 Å². The molecule has 1 fully saturated rings. The predicted molar refractivity (Wildman–Crippen MR) is 133 cm³/mol. The minimum atomic E-state index is -0.776. The summed E-state index contributed by atoms with van der Waals surface area (Å²) in [5.41, 5.74) is 2.75. The summed E-state index contributed by atoms with van der Waals surface area (Å²) in [6.45, 7) is 6.91. The third kappa shape index (κ3) is 7.37. The lowest BCUT2D eigenvalue weighted by Crippen LogP contribution is -2.67. The molecule has 1 aliphatic rings. The van der Waals surface area contributed by atoms with Crippen molar-refractivity contribution < 1.29 is 23.9 Å². The highest BCUT2D eigenvalue weighted by Crippen LogP contribution is 2.21. The topological polar surface area (TPSA) is 100 Å². The third-order valence-electron chi connectivity index (χ3n) is 5.54. The van der Waals surface area contributed by atoms with Crippen LogP contribution in [0.4, 0.5) is 15.3 Å². The molecule has 4 amide bonds. The average Bonchev–Trinajstić information content (AvgIpc) is 2.84. The van der Waals surface area contributed by atoms with Gasteiger partial charge in [0.05, 0.1) is 26.2 Å². The number of anilines is 1. The standard InChI is InChI=1S/C26H34N4O5/c1-4-6-17-35-22-13-11-21(12-14-22)27-24-28-25(32)29(16-15-23(31)34-5-2)26(33)30(24)18-20-9-7-19(3)8-10-20/h7-14,24,27H,4-6,15-18H2,1-3H3,(H,28,32). The number of hydrogen-bond donors (Lipinski definition) is 2. The maximum absolute atomic E-state index is 13.4. The van der Waals surface area contributed by atoms with Crippen LogP contribution in [-0.4, -0.2) is 53.9 Å². The van der Waals surface area contributed by atoms with E-state index in [-0.39, 0.29) is 26.1 Å². The van der Waals surface area contributed by atoms with E-state index >= 15 is 0 Å². The Kier molecular flexibility index (Phi) is 9.34. The van der Waals surface area contributed by atoms with E-state index in [2.05, 4.69) is 17.6 Å². The van der Waals surface area contributed by atoms with Gasteiger partial charge in [-0.2, -0.15) is 0 Å². The van der Waals surface area contributed by atoms with Crippen LogP contribution < -0.4 is 15.4 Å². The van der Waals surface area contributed by atoms with Gasteiger partial charge in [-0.25, -0.2) is 14.5 Å². The summed E-state index contributed by atoms with van der Waals surface area (Å²) in [4.78, 5) is 40.5. The molecule has 0 saturated carbocycles. The first kappa shape index (κ1) is 25.9. The van der Waals surface area contributed by atoms with E-state index in [4.69, 9.17) is 9.47 Å². The zero-order valence-corrected chi connectivity index (χ0v) is 20.6. The summed E-state index contributed by atoms with van der Waals surface area (Å²) in [5, 5.41) is 6.06. The summed E-state index contributed by atoms with van der Waals surface area (Å²) < 4.78 is 10.6. The van der Waals surface area contributed by atoms with Crippen molar-refractivity contribution in [2.45, 2.75) is 52.9 Å². The largest absolute Gasteiger partial charge is 0.494 e. The molecule has 2 aromatic rings. The molecule has 1 atom stereocenters. The lowest BCUT2D eigenvalue weighted by molar-refractivity contribution is -0.143. The molecule has 35 heavy (non-hydrogen) atoms. The Hall–Kier alpha value is -3.75. The van der Waals surface area contributed by atoms with Gasteiger partial charge in [-0.05, 0) is 50.1 Å². The number of ether oxygens (including phenoxy) is 2. The number of hydrogen-bond acceptors (Lipinski definition) is 6. The Balaban J connectivity index is 1.75. The number of imide groups is 1. The van der Waals surface area contributed by atoms with Gasteiger partial charge in [0.15, 0.2) is 6.29 Å². The molecule has 0 bridgehead atoms. The average molecular weight is 483 g/mol. The summed E-state index contributed by atoms with van der Waals surface area (Å²) in [6, 6.07) is 14.2. The van der Waals surface area contributed by atoms with Crippen LogP contribution in [-0.2, 0) is 16.1 Å². The van der Waals surface area contributed by atoms with Crippen LogP contribution in [0.3, 0.4) is 0 Å². The van der Waals surface area contributed by atoms with E-state index in [0.29, 0.717) is 6.61 Å². The minimum absolute atomic E-state index is 0.0651. The second-order valence-electron chi connectivity index (χ2n) is 8.33. The molecule has 2 N–H and O–H groups in total. The first-order chi connectivity index (χ1) is 16.9. The molecule has 0 aliphatic carbocycles. The van der Waals surface area contributed by atoms with E-state index in [9.17, 15) is 14.4 Å². The van der Waals surface area contributed by atoms with Gasteiger partial charge in [-0.1, -0.05) is 43.2 Å². The molecule has 0 radical (unpaired) electrons. The first-order valence-corrected chi connectivity index (χ1v) is 12.0. The van der Waals surface area contributed by atoms with Crippen molar-refractivity contribution in [3.05, 3.63) is 59.7 Å². The van der Waals surface area contributed by atoms with Crippen LogP contribution in [0.1, 0.15) is 44.2 Å². The molecule has 2 aromatic carbocycles. The Morgan fingerprint density at radius 2 is 1.77 bits per heavy atom. The lowest BCUT2D eigenvalue weighted by atomic mass is 10.1. The molecule has 0 aromatic heterocycles. The molecule has 9 heteroatoms. The number of nitrogens with zero attached hydrogens (tertiary/aromatic N) is 2. The van der Waals surface area contributed by atoms with Crippen LogP contribution >= 0.6 is 0 Å². The molecular formula is C26H34N4O5. The maximum Gasteiger partial charge on any atom is 0.331 e. The van der Waals surface area contributed by atoms with Crippen LogP contribution in [0.25, 0.3) is 0 Å². The highest BCUT2D eigenvalue weighted by molar-refractivity contribution is 5.96.